The van der Waals surface area contributed by atoms with Crippen LogP contribution in [0.5, 0.6) is 0 Å². The van der Waals surface area contributed by atoms with Crippen LogP contribution in [0.4, 0.5) is 5.69 Å². The van der Waals surface area contributed by atoms with E-state index in [-0.39, 0.29) is 6.10 Å². The van der Waals surface area contributed by atoms with Gasteiger partial charge in [-0.05, 0) is 61.9 Å². The van der Waals surface area contributed by atoms with Gasteiger partial charge in [-0.1, -0.05) is 35.9 Å². The van der Waals surface area contributed by atoms with E-state index < -0.39 is 0 Å². The Morgan fingerprint density at radius 3 is 2.50 bits per heavy atom. The molecule has 0 saturated carbocycles. The second kappa shape index (κ2) is 6.13. The summed E-state index contributed by atoms with van der Waals surface area (Å²) in [6, 6.07) is 12.9. The monoisotopic (exact) mass is 295 g/mol. The number of aryl methyl sites for hydroxylation is 3. The third kappa shape index (κ3) is 2.89. The number of hydrogen-bond donors (Lipinski definition) is 1. The van der Waals surface area contributed by atoms with Crippen LogP contribution in [0.25, 0.3) is 0 Å². The van der Waals surface area contributed by atoms with Crippen LogP contribution in [0.3, 0.4) is 0 Å². The van der Waals surface area contributed by atoms with Crippen molar-refractivity contribution < 1.29 is 5.11 Å². The van der Waals surface area contributed by atoms with E-state index in [4.69, 9.17) is 0 Å². The second-order valence-corrected chi connectivity index (χ2v) is 6.48. The minimum absolute atomic E-state index is 0.381. The van der Waals surface area contributed by atoms with E-state index in [1.54, 1.807) is 0 Å². The number of aliphatic hydroxyl groups excluding tert-OH is 1. The van der Waals surface area contributed by atoms with Gasteiger partial charge in [0, 0.05) is 18.8 Å². The SMILES string of the molecule is Cc1cc(C)c(C(O)CCN2CCc3ccccc32)c(C)c1. The lowest BCUT2D eigenvalue weighted by molar-refractivity contribution is 0.168. The number of para-hydroxylation sites is 1. The zero-order valence-electron chi connectivity index (χ0n) is 13.8. The number of hydrogen-bond acceptors (Lipinski definition) is 2. The molecule has 0 aromatic heterocycles. The smallest absolute Gasteiger partial charge is 0.0812 e. The second-order valence-electron chi connectivity index (χ2n) is 6.48. The standard InChI is InChI=1S/C20H25NO/c1-14-12-15(2)20(16(3)13-14)19(22)9-11-21-10-8-17-6-4-5-7-18(17)21/h4-7,12-13,19,22H,8-11H2,1-3H3. The Morgan fingerprint density at radius 1 is 1.09 bits per heavy atom. The Bertz CT molecular complexity index is 654. The lowest BCUT2D eigenvalue weighted by atomic mass is 9.94. The minimum atomic E-state index is -0.381. The molecule has 0 saturated heterocycles. The highest BCUT2D eigenvalue weighted by atomic mass is 16.3. The Kier molecular flexibility index (Phi) is 4.21. The molecule has 2 aromatic carbocycles. The molecule has 116 valence electrons. The average molecular weight is 295 g/mol. The summed E-state index contributed by atoms with van der Waals surface area (Å²) in [4.78, 5) is 2.40. The van der Waals surface area contributed by atoms with E-state index in [1.807, 2.05) is 0 Å². The van der Waals surface area contributed by atoms with Gasteiger partial charge in [0.25, 0.3) is 0 Å². The van der Waals surface area contributed by atoms with Gasteiger partial charge in [-0.15, -0.1) is 0 Å². The van der Waals surface area contributed by atoms with Crippen LogP contribution in [-0.2, 0) is 6.42 Å². The predicted molar refractivity (Wildman–Crippen MR) is 92.6 cm³/mol. The summed E-state index contributed by atoms with van der Waals surface area (Å²) in [6.07, 6.45) is 1.52. The number of benzene rings is 2. The summed E-state index contributed by atoms with van der Waals surface area (Å²) in [6.45, 7) is 8.29. The van der Waals surface area contributed by atoms with Crippen molar-refractivity contribution in [2.24, 2.45) is 0 Å². The molecule has 1 unspecified atom stereocenters. The summed E-state index contributed by atoms with van der Waals surface area (Å²) in [5.74, 6) is 0. The molecule has 3 rings (SSSR count). The van der Waals surface area contributed by atoms with Crippen molar-refractivity contribution in [3.63, 3.8) is 0 Å². The van der Waals surface area contributed by atoms with Gasteiger partial charge in [-0.2, -0.15) is 0 Å². The fraction of sp³-hybridized carbons (Fsp3) is 0.400. The molecule has 22 heavy (non-hydrogen) atoms. The van der Waals surface area contributed by atoms with Crippen LogP contribution in [0, 0.1) is 20.8 Å². The van der Waals surface area contributed by atoms with E-state index in [0.29, 0.717) is 0 Å². The van der Waals surface area contributed by atoms with Gasteiger partial charge in [-0.25, -0.2) is 0 Å². The van der Waals surface area contributed by atoms with Crippen LogP contribution in [0.1, 0.15) is 40.3 Å². The van der Waals surface area contributed by atoms with Crippen molar-refractivity contribution in [3.8, 4) is 0 Å². The first-order chi connectivity index (χ1) is 10.6. The molecule has 2 heteroatoms. The van der Waals surface area contributed by atoms with Crippen LogP contribution < -0.4 is 4.90 Å². The summed E-state index contributed by atoms with van der Waals surface area (Å²) in [5, 5.41) is 10.7. The van der Waals surface area contributed by atoms with Gasteiger partial charge in [0.2, 0.25) is 0 Å². The van der Waals surface area contributed by atoms with Gasteiger partial charge in [-0.3, -0.25) is 0 Å². The maximum atomic E-state index is 10.7. The average Bonchev–Trinajstić information content (AvgIpc) is 2.87. The van der Waals surface area contributed by atoms with Gasteiger partial charge in [0.05, 0.1) is 6.10 Å². The molecule has 0 radical (unpaired) electrons. The van der Waals surface area contributed by atoms with E-state index in [0.717, 1.165) is 31.5 Å². The Hall–Kier alpha value is -1.80. The molecule has 0 fully saturated rings. The molecule has 1 aliphatic rings. The minimum Gasteiger partial charge on any atom is -0.388 e. The zero-order valence-corrected chi connectivity index (χ0v) is 13.8. The fourth-order valence-electron chi connectivity index (χ4n) is 3.78. The van der Waals surface area contributed by atoms with E-state index >= 15 is 0 Å². The predicted octanol–water partition coefficient (Wildman–Crippen LogP) is 4.10. The number of aliphatic hydroxyl groups is 1. The molecule has 1 heterocycles. The van der Waals surface area contributed by atoms with E-state index in [2.05, 4.69) is 62.1 Å². The molecule has 1 N–H and O–H groups in total. The molecular weight excluding hydrogens is 270 g/mol. The molecule has 0 amide bonds. The quantitative estimate of drug-likeness (QED) is 0.918. The van der Waals surface area contributed by atoms with Gasteiger partial charge < -0.3 is 10.0 Å². The van der Waals surface area contributed by atoms with Gasteiger partial charge >= 0.3 is 0 Å². The van der Waals surface area contributed by atoms with Gasteiger partial charge in [0.15, 0.2) is 0 Å². The fourth-order valence-corrected chi connectivity index (χ4v) is 3.78. The lowest BCUT2D eigenvalue weighted by Crippen LogP contribution is -2.23. The largest absolute Gasteiger partial charge is 0.388 e. The molecular formula is C20H25NO. The molecule has 0 spiro atoms. The first kappa shape index (κ1) is 15.1. The molecule has 2 aromatic rings. The highest BCUT2D eigenvalue weighted by Crippen LogP contribution is 2.30. The Morgan fingerprint density at radius 2 is 1.77 bits per heavy atom. The number of fused-ring (bicyclic) bond motifs is 1. The van der Waals surface area contributed by atoms with Crippen molar-refractivity contribution in [1.29, 1.82) is 0 Å². The maximum Gasteiger partial charge on any atom is 0.0812 e. The van der Waals surface area contributed by atoms with Crippen LogP contribution in [0.2, 0.25) is 0 Å². The van der Waals surface area contributed by atoms with Crippen molar-refractivity contribution in [2.45, 2.75) is 39.7 Å². The lowest BCUT2D eigenvalue weighted by Gasteiger charge is -2.23. The van der Waals surface area contributed by atoms with Gasteiger partial charge in [0.1, 0.15) is 0 Å². The number of anilines is 1. The highest BCUT2D eigenvalue weighted by molar-refractivity contribution is 5.57. The topological polar surface area (TPSA) is 23.5 Å². The molecule has 1 atom stereocenters. The summed E-state index contributed by atoms with van der Waals surface area (Å²) < 4.78 is 0. The highest BCUT2D eigenvalue weighted by Gasteiger charge is 2.20. The summed E-state index contributed by atoms with van der Waals surface area (Å²) in [7, 11) is 0. The van der Waals surface area contributed by atoms with Crippen LogP contribution in [-0.4, -0.2) is 18.2 Å². The van der Waals surface area contributed by atoms with Crippen molar-refractivity contribution in [2.75, 3.05) is 18.0 Å². The number of nitrogens with zero attached hydrogens (tertiary/aromatic N) is 1. The molecule has 2 nitrogen and oxygen atoms in total. The van der Waals surface area contributed by atoms with Crippen molar-refractivity contribution in [1.82, 2.24) is 0 Å². The van der Waals surface area contributed by atoms with Crippen LogP contribution in [0.15, 0.2) is 36.4 Å². The normalized spacial score (nSPS) is 15.0. The zero-order chi connectivity index (χ0) is 15.7. The van der Waals surface area contributed by atoms with Crippen molar-refractivity contribution in [3.05, 3.63) is 64.2 Å². The Labute approximate surface area is 133 Å². The third-order valence-corrected chi connectivity index (χ3v) is 4.73. The molecule has 1 aliphatic heterocycles. The first-order valence-corrected chi connectivity index (χ1v) is 8.15. The van der Waals surface area contributed by atoms with E-state index in [9.17, 15) is 5.11 Å². The molecule has 0 aliphatic carbocycles. The number of rotatable bonds is 4. The van der Waals surface area contributed by atoms with Crippen molar-refractivity contribution >= 4 is 5.69 Å². The Balaban J connectivity index is 1.70. The summed E-state index contributed by atoms with van der Waals surface area (Å²) >= 11 is 0. The first-order valence-electron chi connectivity index (χ1n) is 8.15. The van der Waals surface area contributed by atoms with E-state index in [1.165, 1.54) is 27.9 Å². The third-order valence-electron chi connectivity index (χ3n) is 4.73. The van der Waals surface area contributed by atoms with Crippen LogP contribution >= 0.6 is 0 Å². The summed E-state index contributed by atoms with van der Waals surface area (Å²) in [5.41, 5.74) is 7.54. The maximum absolute atomic E-state index is 10.7. The molecule has 0 bridgehead atoms.